The van der Waals surface area contributed by atoms with E-state index in [1.807, 2.05) is 0 Å². The Morgan fingerprint density at radius 3 is 2.50 bits per heavy atom. The molecule has 1 aromatic carbocycles. The number of carbonyl (C=O) groups excluding carboxylic acids is 1. The highest BCUT2D eigenvalue weighted by atomic mass is 19.1. The molecule has 0 aliphatic heterocycles. The van der Waals surface area contributed by atoms with Gasteiger partial charge in [0.15, 0.2) is 0 Å². The average molecular weight is 166 g/mol. The van der Waals surface area contributed by atoms with E-state index in [-0.39, 0.29) is 11.9 Å². The molecule has 0 unspecified atom stereocenters. The lowest BCUT2D eigenvalue weighted by atomic mass is 10.1. The van der Waals surface area contributed by atoms with Crippen molar-refractivity contribution in [3.05, 3.63) is 35.6 Å². The largest absolute Gasteiger partial charge is 0.341 e. The first-order valence-corrected chi connectivity index (χ1v) is 3.62. The Bertz CT molecular complexity index is 258. The fourth-order valence-electron chi connectivity index (χ4n) is 0.923. The average Bonchev–Trinajstić information content (AvgIpc) is 2.06. The van der Waals surface area contributed by atoms with E-state index in [1.54, 1.807) is 25.5 Å². The number of rotatable bonds is 3. The number of benzene rings is 1. The van der Waals surface area contributed by atoms with Crippen molar-refractivity contribution in [2.24, 2.45) is 0 Å². The third kappa shape index (κ3) is 2.05. The predicted molar refractivity (Wildman–Crippen MR) is 43.6 cm³/mol. The van der Waals surface area contributed by atoms with Crippen molar-refractivity contribution in [1.82, 2.24) is 5.32 Å². The van der Waals surface area contributed by atoms with Crippen LogP contribution < -0.4 is 5.32 Å². The van der Waals surface area contributed by atoms with E-state index in [9.17, 15) is 9.18 Å². The molecule has 1 rings (SSSR count). The van der Waals surface area contributed by atoms with Crippen LogP contribution in [0, 0.1) is 5.82 Å². The van der Waals surface area contributed by atoms with Gasteiger partial charge in [-0.05, 0) is 24.6 Å². The SMILES string of the molecule is C[C@@H](N[C]=O)c1ccc(F)cc1. The van der Waals surface area contributed by atoms with Crippen molar-refractivity contribution in [1.29, 1.82) is 0 Å². The summed E-state index contributed by atoms with van der Waals surface area (Å²) in [7, 11) is 0. The molecule has 0 fully saturated rings. The second-order valence-electron chi connectivity index (χ2n) is 2.52. The summed E-state index contributed by atoms with van der Waals surface area (Å²) in [6.45, 7) is 1.80. The van der Waals surface area contributed by atoms with Crippen molar-refractivity contribution in [3.63, 3.8) is 0 Å². The van der Waals surface area contributed by atoms with Gasteiger partial charge in [0.2, 0.25) is 0 Å². The molecule has 0 spiro atoms. The highest BCUT2D eigenvalue weighted by Crippen LogP contribution is 2.11. The van der Waals surface area contributed by atoms with Crippen LogP contribution in [0.3, 0.4) is 0 Å². The Kier molecular flexibility index (Phi) is 2.80. The van der Waals surface area contributed by atoms with Gasteiger partial charge in [-0.2, -0.15) is 0 Å². The topological polar surface area (TPSA) is 29.1 Å². The summed E-state index contributed by atoms with van der Waals surface area (Å²) in [4.78, 5) is 9.95. The van der Waals surface area contributed by atoms with Gasteiger partial charge >= 0.3 is 6.41 Å². The van der Waals surface area contributed by atoms with E-state index in [0.29, 0.717) is 0 Å². The van der Waals surface area contributed by atoms with Gasteiger partial charge in [0.05, 0.1) is 6.04 Å². The first-order valence-electron chi connectivity index (χ1n) is 3.62. The van der Waals surface area contributed by atoms with E-state index in [4.69, 9.17) is 0 Å². The Morgan fingerprint density at radius 1 is 1.42 bits per heavy atom. The first-order chi connectivity index (χ1) is 5.74. The van der Waals surface area contributed by atoms with Gasteiger partial charge in [0.25, 0.3) is 0 Å². The number of hydrogen-bond donors (Lipinski definition) is 1. The fourth-order valence-corrected chi connectivity index (χ4v) is 0.923. The zero-order valence-electron chi connectivity index (χ0n) is 6.67. The molecule has 0 bridgehead atoms. The summed E-state index contributed by atoms with van der Waals surface area (Å²) < 4.78 is 12.4. The molecule has 0 aromatic heterocycles. The molecule has 1 atom stereocenters. The maximum Gasteiger partial charge on any atom is 0.309 e. The molecular weight excluding hydrogens is 157 g/mol. The van der Waals surface area contributed by atoms with Crippen LogP contribution in [0.15, 0.2) is 24.3 Å². The summed E-state index contributed by atoms with van der Waals surface area (Å²) in [5.74, 6) is -0.277. The van der Waals surface area contributed by atoms with Crippen molar-refractivity contribution < 1.29 is 9.18 Å². The molecule has 0 saturated carbocycles. The number of hydrogen-bond acceptors (Lipinski definition) is 1. The van der Waals surface area contributed by atoms with E-state index in [1.165, 1.54) is 12.1 Å². The highest BCUT2D eigenvalue weighted by molar-refractivity contribution is 5.48. The van der Waals surface area contributed by atoms with E-state index < -0.39 is 0 Å². The molecule has 2 nitrogen and oxygen atoms in total. The molecule has 0 saturated heterocycles. The molecule has 0 heterocycles. The molecule has 63 valence electrons. The van der Waals surface area contributed by atoms with Gasteiger partial charge < -0.3 is 5.32 Å². The van der Waals surface area contributed by atoms with Gasteiger partial charge in [0, 0.05) is 0 Å². The smallest absolute Gasteiger partial charge is 0.309 e. The van der Waals surface area contributed by atoms with Crippen LogP contribution in [0.4, 0.5) is 4.39 Å². The van der Waals surface area contributed by atoms with E-state index in [0.717, 1.165) is 5.56 Å². The Balaban J connectivity index is 2.74. The van der Waals surface area contributed by atoms with Gasteiger partial charge in [-0.15, -0.1) is 0 Å². The van der Waals surface area contributed by atoms with Crippen LogP contribution in [0.2, 0.25) is 0 Å². The Morgan fingerprint density at radius 2 is 2.00 bits per heavy atom. The molecule has 1 aromatic rings. The van der Waals surface area contributed by atoms with Crippen LogP contribution in [0.25, 0.3) is 0 Å². The Labute approximate surface area is 70.4 Å². The second-order valence-corrected chi connectivity index (χ2v) is 2.52. The number of nitrogens with one attached hydrogen (secondary N) is 1. The number of amides is 1. The molecule has 1 amide bonds. The summed E-state index contributed by atoms with van der Waals surface area (Å²) in [6, 6.07) is 5.86. The molecule has 0 aliphatic carbocycles. The third-order valence-corrected chi connectivity index (χ3v) is 1.65. The summed E-state index contributed by atoms with van der Waals surface area (Å²) in [5.41, 5.74) is 0.861. The predicted octanol–water partition coefficient (Wildman–Crippen LogP) is 1.54. The quantitative estimate of drug-likeness (QED) is 0.678. The third-order valence-electron chi connectivity index (χ3n) is 1.65. The zero-order chi connectivity index (χ0) is 8.97. The maximum absolute atomic E-state index is 12.4. The molecule has 3 heteroatoms. The second kappa shape index (κ2) is 3.85. The van der Waals surface area contributed by atoms with Crippen molar-refractivity contribution in [2.75, 3.05) is 0 Å². The van der Waals surface area contributed by atoms with Crippen LogP contribution in [0.1, 0.15) is 18.5 Å². The molecule has 1 radical (unpaired) electrons. The lowest BCUT2D eigenvalue weighted by Gasteiger charge is -2.08. The maximum atomic E-state index is 12.4. The van der Waals surface area contributed by atoms with Crippen LogP contribution in [-0.4, -0.2) is 6.41 Å². The standard InChI is InChI=1S/C9H9FNO/c1-7(11-6-12)8-2-4-9(10)5-3-8/h2-5,7H,1H3,(H,11,12)/t7-/m1/s1. The highest BCUT2D eigenvalue weighted by Gasteiger charge is 2.02. The van der Waals surface area contributed by atoms with Crippen LogP contribution >= 0.6 is 0 Å². The minimum absolute atomic E-state index is 0.122. The van der Waals surface area contributed by atoms with Crippen LogP contribution in [0.5, 0.6) is 0 Å². The van der Waals surface area contributed by atoms with Crippen molar-refractivity contribution >= 4 is 6.41 Å². The van der Waals surface area contributed by atoms with Gasteiger partial charge in [0.1, 0.15) is 5.82 Å². The molecular formula is C9H9FNO. The lowest BCUT2D eigenvalue weighted by molar-refractivity contribution is 0.529. The van der Waals surface area contributed by atoms with E-state index >= 15 is 0 Å². The Hall–Kier alpha value is -1.38. The van der Waals surface area contributed by atoms with Crippen molar-refractivity contribution in [2.45, 2.75) is 13.0 Å². The minimum Gasteiger partial charge on any atom is -0.341 e. The molecule has 1 N–H and O–H groups in total. The molecule has 12 heavy (non-hydrogen) atoms. The molecule has 0 aliphatic rings. The van der Waals surface area contributed by atoms with Crippen molar-refractivity contribution in [3.8, 4) is 0 Å². The monoisotopic (exact) mass is 166 g/mol. The first kappa shape index (κ1) is 8.71. The normalized spacial score (nSPS) is 12.2. The minimum atomic E-state index is -0.277. The fraction of sp³-hybridized carbons (Fsp3) is 0.222. The summed E-state index contributed by atoms with van der Waals surface area (Å²) in [6.07, 6.45) is 1.59. The zero-order valence-corrected chi connectivity index (χ0v) is 6.67. The van der Waals surface area contributed by atoms with Gasteiger partial charge in [-0.25, -0.2) is 4.39 Å². The summed E-state index contributed by atoms with van der Waals surface area (Å²) in [5, 5.41) is 2.45. The lowest BCUT2D eigenvalue weighted by Crippen LogP contribution is -2.15. The van der Waals surface area contributed by atoms with Gasteiger partial charge in [-0.3, -0.25) is 4.79 Å². The number of halogens is 1. The van der Waals surface area contributed by atoms with Gasteiger partial charge in [-0.1, -0.05) is 12.1 Å². The van der Waals surface area contributed by atoms with E-state index in [2.05, 4.69) is 5.32 Å². The van der Waals surface area contributed by atoms with Crippen LogP contribution in [-0.2, 0) is 4.79 Å². The summed E-state index contributed by atoms with van der Waals surface area (Å²) >= 11 is 0.